The molecule has 1 amide bonds. The van der Waals surface area contributed by atoms with Crippen LogP contribution in [0.25, 0.3) is 22.5 Å². The van der Waals surface area contributed by atoms with E-state index in [-0.39, 0.29) is 11.8 Å². The first kappa shape index (κ1) is 20.8. The van der Waals surface area contributed by atoms with Crippen molar-refractivity contribution in [2.24, 2.45) is 0 Å². The number of benzene rings is 2. The van der Waals surface area contributed by atoms with Gasteiger partial charge in [-0.05, 0) is 43.5 Å². The number of aryl methyl sites for hydroxylation is 2. The molecule has 0 aliphatic rings. The molecule has 2 aromatic heterocycles. The number of fused-ring (bicyclic) bond motifs is 1. The maximum Gasteiger partial charge on any atom is 0.274 e. The number of likely N-dealkylation sites (N-methyl/N-ethyl adjacent to an activating group) is 1. The molecule has 0 fully saturated rings. The van der Waals surface area contributed by atoms with Gasteiger partial charge in [-0.2, -0.15) is 4.98 Å². The van der Waals surface area contributed by atoms with Gasteiger partial charge in [-0.3, -0.25) is 4.79 Å². The quantitative estimate of drug-likeness (QED) is 0.458. The first-order valence-corrected chi connectivity index (χ1v) is 10.7. The number of hydrogen-bond donors (Lipinski definition) is 1. The predicted molar refractivity (Wildman–Crippen MR) is 122 cm³/mol. The van der Waals surface area contributed by atoms with E-state index < -0.39 is 0 Å². The van der Waals surface area contributed by atoms with E-state index in [1.165, 1.54) is 5.56 Å². The summed E-state index contributed by atoms with van der Waals surface area (Å²) in [6.45, 7) is 6.71. The zero-order valence-electron chi connectivity index (χ0n) is 18.5. The molecular formula is C25H28N4O2. The molecule has 0 unspecified atom stereocenters. The Balaban J connectivity index is 1.45. The summed E-state index contributed by atoms with van der Waals surface area (Å²) in [4.78, 5) is 22.7. The van der Waals surface area contributed by atoms with Crippen molar-refractivity contribution < 1.29 is 9.32 Å². The fraction of sp³-hybridized carbons (Fsp3) is 0.320. The van der Waals surface area contributed by atoms with Crippen LogP contribution in [0.1, 0.15) is 41.8 Å². The summed E-state index contributed by atoms with van der Waals surface area (Å²) in [5.74, 6) is 1.05. The van der Waals surface area contributed by atoms with Crippen molar-refractivity contribution >= 4 is 16.8 Å². The van der Waals surface area contributed by atoms with E-state index in [0.717, 1.165) is 34.1 Å². The summed E-state index contributed by atoms with van der Waals surface area (Å²) >= 11 is 0. The number of carbonyl (C=O) groups is 1. The van der Waals surface area contributed by atoms with Gasteiger partial charge in [0.1, 0.15) is 5.69 Å². The van der Waals surface area contributed by atoms with Crippen molar-refractivity contribution in [2.45, 2.75) is 39.5 Å². The number of rotatable bonds is 7. The minimum Gasteiger partial charge on any atom is -0.350 e. The predicted octanol–water partition coefficient (Wildman–Crippen LogP) is 5.03. The lowest BCUT2D eigenvalue weighted by atomic mass is 9.95. The fourth-order valence-corrected chi connectivity index (χ4v) is 3.99. The molecule has 1 atom stereocenters. The van der Waals surface area contributed by atoms with Crippen LogP contribution in [0.15, 0.2) is 53.1 Å². The van der Waals surface area contributed by atoms with Gasteiger partial charge in [-0.1, -0.05) is 54.0 Å². The highest BCUT2D eigenvalue weighted by Gasteiger charge is 2.22. The number of H-pyrrole nitrogens is 1. The molecule has 160 valence electrons. The molecule has 0 bridgehead atoms. The maximum absolute atomic E-state index is 13.0. The monoisotopic (exact) mass is 416 g/mol. The molecule has 0 radical (unpaired) electrons. The average Bonchev–Trinajstić information content (AvgIpc) is 3.38. The van der Waals surface area contributed by atoms with Crippen LogP contribution in [0.5, 0.6) is 0 Å². The highest BCUT2D eigenvalue weighted by atomic mass is 16.5. The first-order valence-electron chi connectivity index (χ1n) is 10.7. The van der Waals surface area contributed by atoms with Gasteiger partial charge in [0.2, 0.25) is 5.91 Å². The Morgan fingerprint density at radius 2 is 1.94 bits per heavy atom. The van der Waals surface area contributed by atoms with Gasteiger partial charge >= 0.3 is 0 Å². The second kappa shape index (κ2) is 8.76. The lowest BCUT2D eigenvalue weighted by molar-refractivity contribution is -0.131. The fourth-order valence-electron chi connectivity index (χ4n) is 3.99. The standard InChI is InChI=1S/C25H28N4O2/c1-5-19(18-9-7-6-8-10-18)25(30)29(4)14-13-22-27-24(31-28-22)23-17(3)20-15-16(2)11-12-21(20)26-23/h6-12,15,19,26H,5,13-14H2,1-4H3/t19-/m0/s1. The van der Waals surface area contributed by atoms with Gasteiger partial charge < -0.3 is 14.4 Å². The van der Waals surface area contributed by atoms with Crippen LogP contribution in [0.4, 0.5) is 0 Å². The number of nitrogens with one attached hydrogen (secondary N) is 1. The molecule has 0 aliphatic heterocycles. The molecule has 2 aromatic carbocycles. The molecule has 2 heterocycles. The van der Waals surface area contributed by atoms with Crippen molar-refractivity contribution in [3.63, 3.8) is 0 Å². The molecule has 4 aromatic rings. The van der Waals surface area contributed by atoms with Crippen LogP contribution in [0.2, 0.25) is 0 Å². The third-order valence-electron chi connectivity index (χ3n) is 5.85. The van der Waals surface area contributed by atoms with Crippen molar-refractivity contribution in [1.29, 1.82) is 0 Å². The Hall–Kier alpha value is -3.41. The summed E-state index contributed by atoms with van der Waals surface area (Å²) in [6.07, 6.45) is 1.30. The molecule has 4 rings (SSSR count). The normalized spacial score (nSPS) is 12.3. The minimum atomic E-state index is -0.135. The molecule has 0 saturated carbocycles. The largest absolute Gasteiger partial charge is 0.350 e. The Morgan fingerprint density at radius 1 is 1.16 bits per heavy atom. The highest BCUT2D eigenvalue weighted by molar-refractivity contribution is 5.89. The van der Waals surface area contributed by atoms with E-state index in [9.17, 15) is 4.79 Å². The molecule has 0 aliphatic carbocycles. The SMILES string of the molecule is CC[C@H](C(=O)N(C)CCc1noc(-c2[nH]c3ccc(C)cc3c2C)n1)c1ccccc1. The Kier molecular flexibility index (Phi) is 5.89. The molecule has 31 heavy (non-hydrogen) atoms. The summed E-state index contributed by atoms with van der Waals surface area (Å²) in [5, 5.41) is 5.29. The summed E-state index contributed by atoms with van der Waals surface area (Å²) in [5.41, 5.74) is 5.25. The molecule has 6 nitrogen and oxygen atoms in total. The lowest BCUT2D eigenvalue weighted by Crippen LogP contribution is -2.33. The second-order valence-electron chi connectivity index (χ2n) is 8.07. The van der Waals surface area contributed by atoms with E-state index in [4.69, 9.17) is 4.52 Å². The Morgan fingerprint density at radius 3 is 2.68 bits per heavy atom. The first-order chi connectivity index (χ1) is 15.0. The van der Waals surface area contributed by atoms with E-state index in [1.807, 2.05) is 44.3 Å². The van der Waals surface area contributed by atoms with Crippen LogP contribution in [0.3, 0.4) is 0 Å². The Labute approximate surface area is 182 Å². The van der Waals surface area contributed by atoms with Gasteiger partial charge in [0.25, 0.3) is 5.89 Å². The summed E-state index contributed by atoms with van der Waals surface area (Å²) in [6, 6.07) is 16.2. The number of nitrogens with zero attached hydrogens (tertiary/aromatic N) is 3. The number of aromatic amines is 1. The van der Waals surface area contributed by atoms with E-state index in [1.54, 1.807) is 4.90 Å². The van der Waals surface area contributed by atoms with Crippen molar-refractivity contribution in [2.75, 3.05) is 13.6 Å². The zero-order chi connectivity index (χ0) is 22.0. The molecular weight excluding hydrogens is 388 g/mol. The van der Waals surface area contributed by atoms with Crippen LogP contribution >= 0.6 is 0 Å². The zero-order valence-corrected chi connectivity index (χ0v) is 18.5. The molecule has 6 heteroatoms. The van der Waals surface area contributed by atoms with Gasteiger partial charge in [0, 0.05) is 30.9 Å². The number of amides is 1. The number of carbonyl (C=O) groups excluding carboxylic acids is 1. The van der Waals surface area contributed by atoms with E-state index >= 15 is 0 Å². The van der Waals surface area contributed by atoms with Gasteiger partial charge in [0.05, 0.1) is 5.92 Å². The topological polar surface area (TPSA) is 75.0 Å². The smallest absolute Gasteiger partial charge is 0.274 e. The number of aromatic nitrogens is 3. The van der Waals surface area contributed by atoms with Crippen molar-refractivity contribution in [1.82, 2.24) is 20.0 Å². The summed E-state index contributed by atoms with van der Waals surface area (Å²) < 4.78 is 5.53. The second-order valence-corrected chi connectivity index (χ2v) is 8.07. The molecule has 1 N–H and O–H groups in total. The average molecular weight is 417 g/mol. The van der Waals surface area contributed by atoms with Gasteiger partial charge in [0.15, 0.2) is 5.82 Å². The van der Waals surface area contributed by atoms with Crippen molar-refractivity contribution in [3.05, 3.63) is 71.0 Å². The van der Waals surface area contributed by atoms with Crippen LogP contribution < -0.4 is 0 Å². The van der Waals surface area contributed by atoms with E-state index in [0.29, 0.717) is 24.7 Å². The van der Waals surface area contributed by atoms with Crippen LogP contribution in [0, 0.1) is 13.8 Å². The van der Waals surface area contributed by atoms with Gasteiger partial charge in [-0.15, -0.1) is 0 Å². The maximum atomic E-state index is 13.0. The van der Waals surface area contributed by atoms with Crippen molar-refractivity contribution in [3.8, 4) is 11.6 Å². The lowest BCUT2D eigenvalue weighted by Gasteiger charge is -2.23. The highest BCUT2D eigenvalue weighted by Crippen LogP contribution is 2.29. The third kappa shape index (κ3) is 4.24. The number of hydrogen-bond acceptors (Lipinski definition) is 4. The van der Waals surface area contributed by atoms with E-state index in [2.05, 4.69) is 47.2 Å². The van der Waals surface area contributed by atoms with Crippen LogP contribution in [-0.4, -0.2) is 39.5 Å². The Bertz CT molecular complexity index is 1190. The minimum absolute atomic E-state index is 0.110. The van der Waals surface area contributed by atoms with Crippen LogP contribution in [-0.2, 0) is 11.2 Å². The van der Waals surface area contributed by atoms with Gasteiger partial charge in [-0.25, -0.2) is 0 Å². The molecule has 0 spiro atoms. The third-order valence-corrected chi connectivity index (χ3v) is 5.85. The summed E-state index contributed by atoms with van der Waals surface area (Å²) in [7, 11) is 1.83. The molecule has 0 saturated heterocycles.